The summed E-state index contributed by atoms with van der Waals surface area (Å²) in [7, 11) is 0. The Morgan fingerprint density at radius 1 is 1.20 bits per heavy atom. The van der Waals surface area contributed by atoms with E-state index >= 15 is 0 Å². The van der Waals surface area contributed by atoms with Crippen molar-refractivity contribution in [1.29, 1.82) is 0 Å². The van der Waals surface area contributed by atoms with Gasteiger partial charge in [-0.25, -0.2) is 9.78 Å². The van der Waals surface area contributed by atoms with Gasteiger partial charge in [-0.05, 0) is 32.0 Å². The molecule has 1 atom stereocenters. The summed E-state index contributed by atoms with van der Waals surface area (Å²) < 4.78 is 5.25. The van der Waals surface area contributed by atoms with Gasteiger partial charge in [-0.2, -0.15) is 0 Å². The van der Waals surface area contributed by atoms with E-state index in [1.807, 2.05) is 0 Å². The molecule has 1 heterocycles. The number of nitrogens with zero attached hydrogens (tertiary/aromatic N) is 2. The number of para-hydroxylation sites is 2. The lowest BCUT2D eigenvalue weighted by Gasteiger charge is -2.13. The molecule has 1 amide bonds. The van der Waals surface area contributed by atoms with Gasteiger partial charge < -0.3 is 10.1 Å². The Bertz CT molecular complexity index is 1110. The molecule has 10 heteroatoms. The van der Waals surface area contributed by atoms with Crippen LogP contribution in [0, 0.1) is 17.0 Å². The van der Waals surface area contributed by atoms with Gasteiger partial charge in [-0.3, -0.25) is 14.9 Å². The molecular formula is C20H16ClN3O5S. The van der Waals surface area contributed by atoms with E-state index in [9.17, 15) is 19.7 Å². The van der Waals surface area contributed by atoms with Crippen LogP contribution in [0.4, 0.5) is 11.4 Å². The molecule has 0 radical (unpaired) electrons. The summed E-state index contributed by atoms with van der Waals surface area (Å²) in [4.78, 5) is 40.0. The lowest BCUT2D eigenvalue weighted by molar-refractivity contribution is -0.383. The molecule has 0 saturated heterocycles. The molecular weight excluding hydrogens is 430 g/mol. The molecule has 0 saturated carbocycles. The summed E-state index contributed by atoms with van der Waals surface area (Å²) in [6, 6.07) is 12.7. The zero-order valence-corrected chi connectivity index (χ0v) is 17.5. The van der Waals surface area contributed by atoms with Gasteiger partial charge in [-0.1, -0.05) is 35.9 Å². The molecule has 0 fully saturated rings. The van der Waals surface area contributed by atoms with Gasteiger partial charge in [0.1, 0.15) is 15.6 Å². The fourth-order valence-corrected chi connectivity index (χ4v) is 3.62. The third kappa shape index (κ3) is 4.81. The van der Waals surface area contributed by atoms with Crippen LogP contribution in [0.1, 0.15) is 22.3 Å². The van der Waals surface area contributed by atoms with Crippen molar-refractivity contribution >= 4 is 46.2 Å². The smallest absolute Gasteiger partial charge is 0.351 e. The summed E-state index contributed by atoms with van der Waals surface area (Å²) in [5, 5.41) is 14.7. The number of thiazole rings is 1. The Balaban J connectivity index is 1.71. The zero-order valence-electron chi connectivity index (χ0n) is 15.9. The number of rotatable bonds is 6. The first-order valence-electron chi connectivity index (χ1n) is 8.75. The number of carbonyl (C=O) groups is 2. The number of nitro groups is 1. The summed E-state index contributed by atoms with van der Waals surface area (Å²) in [6.07, 6.45) is -1.17. The molecule has 1 aromatic heterocycles. The summed E-state index contributed by atoms with van der Waals surface area (Å²) in [5.74, 6) is -1.38. The Morgan fingerprint density at radius 3 is 2.53 bits per heavy atom. The van der Waals surface area contributed by atoms with Crippen LogP contribution in [0.5, 0.6) is 0 Å². The fraction of sp³-hybridized carbons (Fsp3) is 0.150. The number of carbonyl (C=O) groups excluding carboxylic acids is 2. The van der Waals surface area contributed by atoms with E-state index in [1.54, 1.807) is 37.3 Å². The minimum absolute atomic E-state index is 0.0226. The summed E-state index contributed by atoms with van der Waals surface area (Å²) >= 11 is 7.03. The minimum Gasteiger partial charge on any atom is -0.448 e. The maximum atomic E-state index is 12.5. The van der Waals surface area contributed by atoms with E-state index in [1.165, 1.54) is 25.1 Å². The molecule has 1 N–H and O–H groups in total. The van der Waals surface area contributed by atoms with Gasteiger partial charge in [0.25, 0.3) is 11.6 Å². The van der Waals surface area contributed by atoms with Crippen molar-refractivity contribution < 1.29 is 19.2 Å². The van der Waals surface area contributed by atoms with Crippen molar-refractivity contribution in [3.8, 4) is 10.6 Å². The highest BCUT2D eigenvalue weighted by Crippen LogP contribution is 2.29. The van der Waals surface area contributed by atoms with Crippen molar-refractivity contribution in [2.45, 2.75) is 20.0 Å². The fourth-order valence-electron chi connectivity index (χ4n) is 2.54. The van der Waals surface area contributed by atoms with Crippen molar-refractivity contribution in [2.75, 3.05) is 5.32 Å². The molecule has 8 nitrogen and oxygen atoms in total. The molecule has 2 aromatic carbocycles. The SMILES string of the molecule is Cc1nc(-c2ccc(Cl)cc2)sc1C(=O)OC(C)C(=O)Nc1ccccc1[N+](=O)[O-]. The first-order chi connectivity index (χ1) is 14.3. The summed E-state index contributed by atoms with van der Waals surface area (Å²) in [5.41, 5.74) is 1.04. The first-order valence-corrected chi connectivity index (χ1v) is 9.94. The topological polar surface area (TPSA) is 111 Å². The number of aromatic nitrogens is 1. The van der Waals surface area contributed by atoms with Crippen LogP contribution in [-0.4, -0.2) is 27.9 Å². The third-order valence-electron chi connectivity index (χ3n) is 4.08. The van der Waals surface area contributed by atoms with Gasteiger partial charge in [-0.15, -0.1) is 11.3 Å². The number of hydrogen-bond donors (Lipinski definition) is 1. The number of amides is 1. The monoisotopic (exact) mass is 445 g/mol. The number of nitrogens with one attached hydrogen (secondary N) is 1. The molecule has 0 aliphatic heterocycles. The van der Waals surface area contributed by atoms with Crippen LogP contribution in [-0.2, 0) is 9.53 Å². The molecule has 30 heavy (non-hydrogen) atoms. The van der Waals surface area contributed by atoms with E-state index in [0.29, 0.717) is 15.7 Å². The van der Waals surface area contributed by atoms with Crippen LogP contribution in [0.2, 0.25) is 5.02 Å². The number of ether oxygens (including phenoxy) is 1. The van der Waals surface area contributed by atoms with Crippen molar-refractivity contribution in [2.24, 2.45) is 0 Å². The Hall–Kier alpha value is -3.30. The molecule has 3 rings (SSSR count). The largest absolute Gasteiger partial charge is 0.448 e. The maximum absolute atomic E-state index is 12.5. The lowest BCUT2D eigenvalue weighted by Crippen LogP contribution is -2.30. The normalized spacial score (nSPS) is 11.6. The first kappa shape index (κ1) is 21.4. The molecule has 0 aliphatic rings. The predicted octanol–water partition coefficient (Wildman–Crippen LogP) is 4.86. The second-order valence-corrected chi connectivity index (χ2v) is 7.69. The minimum atomic E-state index is -1.17. The Kier molecular flexibility index (Phi) is 6.43. The Labute approximate surface area is 180 Å². The number of anilines is 1. The van der Waals surface area contributed by atoms with Gasteiger partial charge in [0.15, 0.2) is 6.10 Å². The molecule has 0 bridgehead atoms. The number of esters is 1. The second kappa shape index (κ2) is 9.02. The van der Waals surface area contributed by atoms with E-state index in [0.717, 1.165) is 16.9 Å². The maximum Gasteiger partial charge on any atom is 0.351 e. The molecule has 3 aromatic rings. The predicted molar refractivity (Wildman–Crippen MR) is 114 cm³/mol. The zero-order chi connectivity index (χ0) is 21.8. The van der Waals surface area contributed by atoms with Crippen LogP contribution >= 0.6 is 22.9 Å². The van der Waals surface area contributed by atoms with Crippen LogP contribution < -0.4 is 5.32 Å². The highest BCUT2D eigenvalue weighted by atomic mass is 35.5. The molecule has 0 aliphatic carbocycles. The number of nitro benzene ring substituents is 1. The van der Waals surface area contributed by atoms with Crippen LogP contribution in [0.15, 0.2) is 48.5 Å². The molecule has 0 spiro atoms. The van der Waals surface area contributed by atoms with Crippen LogP contribution in [0.3, 0.4) is 0 Å². The number of benzene rings is 2. The van der Waals surface area contributed by atoms with E-state index in [-0.39, 0.29) is 16.3 Å². The van der Waals surface area contributed by atoms with Crippen molar-refractivity contribution in [3.05, 3.63) is 74.2 Å². The van der Waals surface area contributed by atoms with Crippen molar-refractivity contribution in [3.63, 3.8) is 0 Å². The highest BCUT2D eigenvalue weighted by molar-refractivity contribution is 7.17. The van der Waals surface area contributed by atoms with Crippen LogP contribution in [0.25, 0.3) is 10.6 Å². The van der Waals surface area contributed by atoms with Crippen molar-refractivity contribution in [1.82, 2.24) is 4.98 Å². The second-order valence-electron chi connectivity index (χ2n) is 6.25. The average molecular weight is 446 g/mol. The molecule has 154 valence electrons. The third-order valence-corrected chi connectivity index (χ3v) is 5.52. The summed E-state index contributed by atoms with van der Waals surface area (Å²) in [6.45, 7) is 3.06. The number of hydrogen-bond acceptors (Lipinski definition) is 7. The highest BCUT2D eigenvalue weighted by Gasteiger charge is 2.25. The van der Waals surface area contributed by atoms with E-state index < -0.39 is 22.9 Å². The average Bonchev–Trinajstić information content (AvgIpc) is 3.10. The van der Waals surface area contributed by atoms with Gasteiger partial charge in [0, 0.05) is 16.7 Å². The lowest BCUT2D eigenvalue weighted by atomic mass is 10.2. The number of aryl methyl sites for hydroxylation is 1. The Morgan fingerprint density at radius 2 is 1.87 bits per heavy atom. The standard InChI is InChI=1S/C20H16ClN3O5S/c1-11-17(30-19(22-11)13-7-9-14(21)10-8-13)20(26)29-12(2)18(25)23-15-5-3-4-6-16(15)24(27)28/h3-10,12H,1-2H3,(H,23,25). The van der Waals surface area contributed by atoms with Gasteiger partial charge >= 0.3 is 5.97 Å². The number of halogens is 1. The van der Waals surface area contributed by atoms with Gasteiger partial charge in [0.2, 0.25) is 0 Å². The van der Waals surface area contributed by atoms with E-state index in [2.05, 4.69) is 10.3 Å². The van der Waals surface area contributed by atoms with E-state index in [4.69, 9.17) is 16.3 Å². The quantitative estimate of drug-likeness (QED) is 0.329. The van der Waals surface area contributed by atoms with Gasteiger partial charge in [0.05, 0.1) is 10.6 Å². The molecule has 1 unspecified atom stereocenters.